The lowest BCUT2D eigenvalue weighted by Gasteiger charge is -2.23. The molecule has 1 saturated heterocycles. The molecule has 3 unspecified atom stereocenters. The van der Waals surface area contributed by atoms with Gasteiger partial charge in [0.1, 0.15) is 0 Å². The van der Waals surface area contributed by atoms with Crippen molar-refractivity contribution in [3.63, 3.8) is 0 Å². The van der Waals surface area contributed by atoms with Crippen molar-refractivity contribution >= 4 is 5.91 Å². The quantitative estimate of drug-likeness (QED) is 0.582. The molecule has 2 aliphatic heterocycles. The zero-order valence-corrected chi connectivity index (χ0v) is 7.73. The second kappa shape index (κ2) is 2.74. The smallest absolute Gasteiger partial charge is 0.231 e. The Kier molecular flexibility index (Phi) is 1.54. The first kappa shape index (κ1) is 7.85. The minimum atomic E-state index is 0.00463. The summed E-state index contributed by atoms with van der Waals surface area (Å²) < 4.78 is 0. The molecule has 1 amide bonds. The molecule has 72 valence electrons. The summed E-state index contributed by atoms with van der Waals surface area (Å²) in [6, 6.07) is 0. The van der Waals surface area contributed by atoms with Gasteiger partial charge >= 0.3 is 0 Å². The molecule has 0 spiro atoms. The fourth-order valence-corrected chi connectivity index (χ4v) is 2.53. The van der Waals surface area contributed by atoms with Crippen LogP contribution in [0, 0.1) is 17.8 Å². The monoisotopic (exact) mass is 188 g/mol. The predicted octanol–water partition coefficient (Wildman–Crippen LogP) is 0.535. The molecule has 0 aromatic carbocycles. The second-order valence-corrected chi connectivity index (χ2v) is 3.97. The summed E-state index contributed by atoms with van der Waals surface area (Å²) in [6.07, 6.45) is 9.92. The van der Waals surface area contributed by atoms with Gasteiger partial charge in [0.05, 0.1) is 5.92 Å². The normalized spacial score (nSPS) is 38.1. The number of carbonyl (C=O) groups is 1. The largest absolute Gasteiger partial charge is 0.387 e. The fourth-order valence-electron chi connectivity index (χ4n) is 2.53. The Morgan fingerprint density at radius 3 is 3.21 bits per heavy atom. The van der Waals surface area contributed by atoms with Crippen molar-refractivity contribution in [3.05, 3.63) is 36.2 Å². The molecular formula is C11H12N2O. The maximum atomic E-state index is 11.7. The standard InChI is InChI=1S/C11H12N2O/c14-11-8-2-1-3-9-10(8)7(6-13-9)4-5-12-11/h1-5,7-8,10,13H,6H2,(H,12,14). The number of amides is 1. The molecule has 0 saturated carbocycles. The van der Waals surface area contributed by atoms with E-state index in [0.717, 1.165) is 6.54 Å². The van der Waals surface area contributed by atoms with E-state index < -0.39 is 0 Å². The number of allylic oxidation sites excluding steroid dienone is 3. The van der Waals surface area contributed by atoms with Gasteiger partial charge in [-0.2, -0.15) is 0 Å². The van der Waals surface area contributed by atoms with Gasteiger partial charge in [0, 0.05) is 30.3 Å². The van der Waals surface area contributed by atoms with E-state index in [1.165, 1.54) is 5.70 Å². The zero-order valence-electron chi connectivity index (χ0n) is 7.73. The average Bonchev–Trinajstić information content (AvgIpc) is 2.53. The topological polar surface area (TPSA) is 41.1 Å². The second-order valence-electron chi connectivity index (χ2n) is 3.97. The Labute approximate surface area is 82.6 Å². The minimum absolute atomic E-state index is 0.00463. The molecule has 0 aromatic rings. The van der Waals surface area contributed by atoms with Crippen LogP contribution in [0.4, 0.5) is 0 Å². The Hall–Kier alpha value is -1.51. The van der Waals surface area contributed by atoms with Crippen LogP contribution in [0.15, 0.2) is 36.2 Å². The highest BCUT2D eigenvalue weighted by Crippen LogP contribution is 2.37. The summed E-state index contributed by atoms with van der Waals surface area (Å²) in [4.78, 5) is 11.7. The average molecular weight is 188 g/mol. The maximum Gasteiger partial charge on any atom is 0.231 e. The molecule has 3 aliphatic rings. The summed E-state index contributed by atoms with van der Waals surface area (Å²) in [6.45, 7) is 0.945. The fraction of sp³-hybridized carbons (Fsp3) is 0.364. The van der Waals surface area contributed by atoms with Crippen LogP contribution < -0.4 is 10.6 Å². The van der Waals surface area contributed by atoms with Gasteiger partial charge in [-0.05, 0) is 6.08 Å². The first-order valence-corrected chi connectivity index (χ1v) is 4.95. The number of carbonyl (C=O) groups excluding carboxylic acids is 1. The first-order valence-electron chi connectivity index (χ1n) is 4.95. The van der Waals surface area contributed by atoms with Crippen LogP contribution in [-0.2, 0) is 4.79 Å². The van der Waals surface area contributed by atoms with Gasteiger partial charge in [-0.25, -0.2) is 0 Å². The third kappa shape index (κ3) is 0.953. The van der Waals surface area contributed by atoms with Crippen molar-refractivity contribution in [1.29, 1.82) is 0 Å². The molecule has 1 fully saturated rings. The molecule has 2 N–H and O–H groups in total. The van der Waals surface area contributed by atoms with Crippen LogP contribution in [0.5, 0.6) is 0 Å². The van der Waals surface area contributed by atoms with Crippen molar-refractivity contribution < 1.29 is 4.79 Å². The van der Waals surface area contributed by atoms with Crippen molar-refractivity contribution in [2.45, 2.75) is 0 Å². The number of hydrogen-bond acceptors (Lipinski definition) is 2. The SMILES string of the molecule is O=C1NC=CC2CNC3=CC=CC1C32. The van der Waals surface area contributed by atoms with Crippen LogP contribution in [0.1, 0.15) is 0 Å². The summed E-state index contributed by atoms with van der Waals surface area (Å²) >= 11 is 0. The molecule has 3 atom stereocenters. The van der Waals surface area contributed by atoms with Crippen molar-refractivity contribution in [1.82, 2.24) is 10.6 Å². The van der Waals surface area contributed by atoms with E-state index in [2.05, 4.69) is 22.8 Å². The lowest BCUT2D eigenvalue weighted by atomic mass is 9.80. The third-order valence-electron chi connectivity index (χ3n) is 3.22. The molecule has 2 heterocycles. The third-order valence-corrected chi connectivity index (χ3v) is 3.22. The Morgan fingerprint density at radius 1 is 1.36 bits per heavy atom. The molecule has 0 radical (unpaired) electrons. The Bertz CT molecular complexity index is 367. The summed E-state index contributed by atoms with van der Waals surface area (Å²) in [7, 11) is 0. The van der Waals surface area contributed by atoms with E-state index in [1.807, 2.05) is 12.2 Å². The molecule has 3 heteroatoms. The van der Waals surface area contributed by atoms with Gasteiger partial charge in [-0.3, -0.25) is 4.79 Å². The highest BCUT2D eigenvalue weighted by atomic mass is 16.1. The van der Waals surface area contributed by atoms with E-state index in [4.69, 9.17) is 0 Å². The highest BCUT2D eigenvalue weighted by Gasteiger charge is 2.40. The highest BCUT2D eigenvalue weighted by molar-refractivity contribution is 5.83. The number of rotatable bonds is 0. The van der Waals surface area contributed by atoms with E-state index in [-0.39, 0.29) is 11.8 Å². The Balaban J connectivity index is 2.06. The summed E-state index contributed by atoms with van der Waals surface area (Å²) in [5.41, 5.74) is 1.21. The first-order chi connectivity index (χ1) is 6.86. The van der Waals surface area contributed by atoms with Gasteiger partial charge in [0.15, 0.2) is 0 Å². The number of nitrogens with one attached hydrogen (secondary N) is 2. The molecule has 0 bridgehead atoms. The van der Waals surface area contributed by atoms with E-state index >= 15 is 0 Å². The lowest BCUT2D eigenvalue weighted by molar-refractivity contribution is -0.123. The molecule has 3 rings (SSSR count). The Morgan fingerprint density at radius 2 is 2.29 bits per heavy atom. The van der Waals surface area contributed by atoms with Crippen LogP contribution in [0.2, 0.25) is 0 Å². The van der Waals surface area contributed by atoms with Gasteiger partial charge in [0.2, 0.25) is 5.91 Å². The molecular weight excluding hydrogens is 176 g/mol. The molecule has 1 aliphatic carbocycles. The van der Waals surface area contributed by atoms with Crippen molar-refractivity contribution in [2.75, 3.05) is 6.54 Å². The van der Waals surface area contributed by atoms with E-state index in [1.54, 1.807) is 6.20 Å². The van der Waals surface area contributed by atoms with Gasteiger partial charge in [-0.15, -0.1) is 0 Å². The van der Waals surface area contributed by atoms with Crippen LogP contribution >= 0.6 is 0 Å². The van der Waals surface area contributed by atoms with Gasteiger partial charge in [-0.1, -0.05) is 18.2 Å². The van der Waals surface area contributed by atoms with E-state index in [0.29, 0.717) is 11.8 Å². The van der Waals surface area contributed by atoms with Crippen molar-refractivity contribution in [2.24, 2.45) is 17.8 Å². The predicted molar refractivity (Wildman–Crippen MR) is 53.0 cm³/mol. The van der Waals surface area contributed by atoms with Crippen LogP contribution in [-0.4, -0.2) is 12.5 Å². The van der Waals surface area contributed by atoms with Gasteiger partial charge < -0.3 is 10.6 Å². The van der Waals surface area contributed by atoms with Gasteiger partial charge in [0.25, 0.3) is 0 Å². The minimum Gasteiger partial charge on any atom is -0.387 e. The maximum absolute atomic E-state index is 11.7. The summed E-state index contributed by atoms with van der Waals surface area (Å²) in [5, 5.41) is 6.16. The van der Waals surface area contributed by atoms with Crippen molar-refractivity contribution in [3.8, 4) is 0 Å². The lowest BCUT2D eigenvalue weighted by Crippen LogP contribution is -2.32. The molecule has 0 aromatic heterocycles. The van der Waals surface area contributed by atoms with Crippen LogP contribution in [0.3, 0.4) is 0 Å². The number of hydrogen-bond donors (Lipinski definition) is 2. The zero-order chi connectivity index (χ0) is 9.54. The molecule has 14 heavy (non-hydrogen) atoms. The summed E-state index contributed by atoms with van der Waals surface area (Å²) in [5.74, 6) is 0.901. The molecule has 3 nitrogen and oxygen atoms in total. The van der Waals surface area contributed by atoms with Crippen LogP contribution in [0.25, 0.3) is 0 Å². The van der Waals surface area contributed by atoms with E-state index in [9.17, 15) is 4.79 Å².